The van der Waals surface area contributed by atoms with Gasteiger partial charge in [0.2, 0.25) is 0 Å². The summed E-state index contributed by atoms with van der Waals surface area (Å²) in [6.07, 6.45) is -9.35. The van der Waals surface area contributed by atoms with Crippen LogP contribution in [0, 0.1) is 0 Å². The van der Waals surface area contributed by atoms with Gasteiger partial charge < -0.3 is 20.9 Å². The van der Waals surface area contributed by atoms with Gasteiger partial charge in [-0.05, 0) is 67.8 Å². The summed E-state index contributed by atoms with van der Waals surface area (Å²) in [5, 5.41) is 7.23. The standard InChI is InChI=1S/C28H26F6N4O2/c1-16(2)35-25(39)23-14-21(7-8-24(23)38-10-9-17-5-3-4-6-18(17)15-38)36-26(40)37-22-12-19(27(29,30)31)11-20(13-22)28(32,33)34/h3-8,11-14,16H,9-10,15H2,1-2H3,(H,35,39)(H2,36,37,40). The highest BCUT2D eigenvalue weighted by Crippen LogP contribution is 2.37. The Bertz CT molecular complexity index is 1390. The fourth-order valence-corrected chi connectivity index (χ4v) is 4.43. The number of carbonyl (C=O) groups excluding carboxylic acids is 2. The molecule has 12 heteroatoms. The van der Waals surface area contributed by atoms with Crippen molar-refractivity contribution in [2.24, 2.45) is 0 Å². The number of nitrogens with zero attached hydrogens (tertiary/aromatic N) is 1. The highest BCUT2D eigenvalue weighted by Gasteiger charge is 2.37. The van der Waals surface area contributed by atoms with E-state index >= 15 is 0 Å². The first-order chi connectivity index (χ1) is 18.7. The van der Waals surface area contributed by atoms with E-state index in [1.165, 1.54) is 17.7 Å². The monoisotopic (exact) mass is 564 g/mol. The number of fused-ring (bicyclic) bond motifs is 1. The Morgan fingerprint density at radius 3 is 2.00 bits per heavy atom. The Hall–Kier alpha value is -4.22. The highest BCUT2D eigenvalue weighted by molar-refractivity contribution is 6.04. The zero-order valence-corrected chi connectivity index (χ0v) is 21.5. The molecular formula is C28H26F6N4O2. The molecule has 1 aliphatic rings. The molecule has 212 valence electrons. The third-order valence-electron chi connectivity index (χ3n) is 6.24. The Balaban J connectivity index is 1.59. The van der Waals surface area contributed by atoms with Crippen LogP contribution >= 0.6 is 0 Å². The van der Waals surface area contributed by atoms with Gasteiger partial charge in [0.15, 0.2) is 0 Å². The molecule has 3 aromatic carbocycles. The van der Waals surface area contributed by atoms with Gasteiger partial charge in [0.25, 0.3) is 5.91 Å². The minimum absolute atomic E-state index is 0.0274. The molecule has 6 nitrogen and oxygen atoms in total. The average molecular weight is 565 g/mol. The normalized spacial score (nSPS) is 13.6. The second-order valence-electron chi connectivity index (χ2n) is 9.67. The molecule has 0 spiro atoms. The summed E-state index contributed by atoms with van der Waals surface area (Å²) in [5.41, 5.74) is -0.488. The molecule has 0 saturated heterocycles. The van der Waals surface area contributed by atoms with Crippen LogP contribution in [0.25, 0.3) is 0 Å². The fourth-order valence-electron chi connectivity index (χ4n) is 4.43. The summed E-state index contributed by atoms with van der Waals surface area (Å²) >= 11 is 0. The highest BCUT2D eigenvalue weighted by atomic mass is 19.4. The minimum atomic E-state index is -5.06. The summed E-state index contributed by atoms with van der Waals surface area (Å²) < 4.78 is 79.0. The summed E-state index contributed by atoms with van der Waals surface area (Å²) in [4.78, 5) is 27.7. The van der Waals surface area contributed by atoms with Gasteiger partial charge in [-0.3, -0.25) is 4.79 Å². The Morgan fingerprint density at radius 2 is 1.40 bits per heavy atom. The maximum Gasteiger partial charge on any atom is 0.416 e. The van der Waals surface area contributed by atoms with E-state index in [4.69, 9.17) is 0 Å². The van der Waals surface area contributed by atoms with Gasteiger partial charge in [-0.1, -0.05) is 24.3 Å². The van der Waals surface area contributed by atoms with Gasteiger partial charge in [-0.2, -0.15) is 26.3 Å². The predicted molar refractivity (Wildman–Crippen MR) is 139 cm³/mol. The van der Waals surface area contributed by atoms with Crippen LogP contribution in [0.15, 0.2) is 60.7 Å². The molecule has 0 radical (unpaired) electrons. The number of hydrogen-bond donors (Lipinski definition) is 3. The second kappa shape index (κ2) is 11.1. The number of nitrogens with one attached hydrogen (secondary N) is 3. The summed E-state index contributed by atoms with van der Waals surface area (Å²) in [5.74, 6) is -0.402. The van der Waals surface area contributed by atoms with Crippen LogP contribution in [-0.4, -0.2) is 24.5 Å². The number of alkyl halides is 6. The zero-order chi connectivity index (χ0) is 29.2. The molecule has 1 heterocycles. The van der Waals surface area contributed by atoms with Crippen molar-refractivity contribution in [1.82, 2.24) is 5.32 Å². The first-order valence-electron chi connectivity index (χ1n) is 12.3. The largest absolute Gasteiger partial charge is 0.416 e. The number of urea groups is 1. The molecule has 0 bridgehead atoms. The Kier molecular flexibility index (Phi) is 7.99. The van der Waals surface area contributed by atoms with E-state index in [0.717, 1.165) is 12.0 Å². The first-order valence-corrected chi connectivity index (χ1v) is 12.3. The number of benzene rings is 3. The lowest BCUT2D eigenvalue weighted by Crippen LogP contribution is -2.35. The predicted octanol–water partition coefficient (Wildman–Crippen LogP) is 7.07. The van der Waals surface area contributed by atoms with Crippen molar-refractivity contribution in [2.75, 3.05) is 22.1 Å². The van der Waals surface area contributed by atoms with Crippen LogP contribution in [-0.2, 0) is 25.3 Å². The van der Waals surface area contributed by atoms with Crippen LogP contribution in [0.2, 0.25) is 0 Å². The molecule has 0 unspecified atom stereocenters. The SMILES string of the molecule is CC(C)NC(=O)c1cc(NC(=O)Nc2cc(C(F)(F)F)cc(C(F)(F)F)c2)ccc1N1CCc2ccccc2C1. The van der Waals surface area contributed by atoms with Crippen LogP contribution in [0.3, 0.4) is 0 Å². The average Bonchev–Trinajstić information content (AvgIpc) is 2.86. The number of rotatable bonds is 5. The van der Waals surface area contributed by atoms with Crippen molar-refractivity contribution in [2.45, 2.75) is 45.2 Å². The summed E-state index contributed by atoms with van der Waals surface area (Å²) in [6.45, 7) is 4.77. The molecule has 0 saturated carbocycles. The maximum atomic E-state index is 13.2. The van der Waals surface area contributed by atoms with E-state index in [0.29, 0.717) is 30.9 Å². The second-order valence-corrected chi connectivity index (χ2v) is 9.67. The molecule has 0 atom stereocenters. The number of carbonyl (C=O) groups is 2. The minimum Gasteiger partial charge on any atom is -0.366 e. The van der Waals surface area contributed by atoms with Crippen LogP contribution < -0.4 is 20.9 Å². The van der Waals surface area contributed by atoms with Gasteiger partial charge in [-0.15, -0.1) is 0 Å². The van der Waals surface area contributed by atoms with Crippen molar-refractivity contribution in [1.29, 1.82) is 0 Å². The molecular weight excluding hydrogens is 538 g/mol. The van der Waals surface area contributed by atoms with Crippen LogP contribution in [0.1, 0.15) is 46.5 Å². The fraction of sp³-hybridized carbons (Fsp3) is 0.286. The Morgan fingerprint density at radius 1 is 0.800 bits per heavy atom. The van der Waals surface area contributed by atoms with Gasteiger partial charge in [0.1, 0.15) is 0 Å². The van der Waals surface area contributed by atoms with Gasteiger partial charge in [0, 0.05) is 36.2 Å². The van der Waals surface area contributed by atoms with Gasteiger partial charge >= 0.3 is 18.4 Å². The maximum absolute atomic E-state index is 13.2. The van der Waals surface area contributed by atoms with Gasteiger partial charge in [-0.25, -0.2) is 4.79 Å². The van der Waals surface area contributed by atoms with E-state index < -0.39 is 41.1 Å². The molecule has 0 fully saturated rings. The topological polar surface area (TPSA) is 73.5 Å². The lowest BCUT2D eigenvalue weighted by molar-refractivity contribution is -0.143. The molecule has 0 aromatic heterocycles. The van der Waals surface area contributed by atoms with E-state index in [2.05, 4.69) is 10.6 Å². The van der Waals surface area contributed by atoms with Crippen LogP contribution in [0.4, 0.5) is 48.2 Å². The van der Waals surface area contributed by atoms with Crippen molar-refractivity contribution < 1.29 is 35.9 Å². The molecule has 3 aromatic rings. The molecule has 40 heavy (non-hydrogen) atoms. The number of anilines is 3. The van der Waals surface area contributed by atoms with Crippen LogP contribution in [0.5, 0.6) is 0 Å². The molecule has 3 amide bonds. The quantitative estimate of drug-likeness (QED) is 0.290. The van der Waals surface area contributed by atoms with Crippen molar-refractivity contribution in [3.05, 3.63) is 88.5 Å². The third kappa shape index (κ3) is 6.85. The number of amides is 3. The zero-order valence-electron chi connectivity index (χ0n) is 21.5. The molecule has 1 aliphatic heterocycles. The van der Waals surface area contributed by atoms with E-state index in [9.17, 15) is 35.9 Å². The van der Waals surface area contributed by atoms with E-state index in [1.807, 2.05) is 34.5 Å². The smallest absolute Gasteiger partial charge is 0.366 e. The summed E-state index contributed by atoms with van der Waals surface area (Å²) in [6, 6.07) is 12.0. The third-order valence-corrected chi connectivity index (χ3v) is 6.24. The van der Waals surface area contributed by atoms with Crippen molar-refractivity contribution in [3.8, 4) is 0 Å². The van der Waals surface area contributed by atoms with E-state index in [1.54, 1.807) is 19.9 Å². The van der Waals surface area contributed by atoms with E-state index in [-0.39, 0.29) is 23.4 Å². The number of hydrogen-bond acceptors (Lipinski definition) is 3. The van der Waals surface area contributed by atoms with Crippen molar-refractivity contribution in [3.63, 3.8) is 0 Å². The number of halogens is 6. The first kappa shape index (κ1) is 28.8. The van der Waals surface area contributed by atoms with Crippen molar-refractivity contribution >= 4 is 29.0 Å². The summed E-state index contributed by atoms with van der Waals surface area (Å²) in [7, 11) is 0. The van der Waals surface area contributed by atoms with Gasteiger partial charge in [0.05, 0.1) is 16.7 Å². The lowest BCUT2D eigenvalue weighted by Gasteiger charge is -2.32. The Labute approximate surface area is 226 Å². The molecule has 4 rings (SSSR count). The molecule has 0 aliphatic carbocycles. The lowest BCUT2D eigenvalue weighted by atomic mass is 9.98. The molecule has 3 N–H and O–H groups in total.